The van der Waals surface area contributed by atoms with Crippen molar-refractivity contribution in [1.82, 2.24) is 0 Å². The van der Waals surface area contributed by atoms with Gasteiger partial charge in [-0.1, -0.05) is 11.8 Å². The zero-order chi connectivity index (χ0) is 11.6. The Balaban J connectivity index is 0.000000280. The predicted molar refractivity (Wildman–Crippen MR) is 67.4 cm³/mol. The van der Waals surface area contributed by atoms with Crippen molar-refractivity contribution in [3.63, 3.8) is 0 Å². The highest BCUT2D eigenvalue weighted by Gasteiger charge is 1.97. The number of quaternary nitrogens is 1. The highest BCUT2D eigenvalue weighted by atomic mass is 32.9. The molecule has 1 fully saturated rings. The van der Waals surface area contributed by atoms with E-state index in [1.807, 2.05) is 13.8 Å². The summed E-state index contributed by atoms with van der Waals surface area (Å²) < 4.78 is 15.0. The fourth-order valence-electron chi connectivity index (χ4n) is 0.933. The molecule has 2 N–H and O–H groups in total. The molecule has 0 saturated carbocycles. The van der Waals surface area contributed by atoms with Crippen molar-refractivity contribution in [3.05, 3.63) is 0 Å². The van der Waals surface area contributed by atoms with Crippen LogP contribution in [0.1, 0.15) is 13.8 Å². The Morgan fingerprint density at radius 1 is 1.27 bits per heavy atom. The summed E-state index contributed by atoms with van der Waals surface area (Å²) in [5.41, 5.74) is -2.28. The Kier molecular flexibility index (Phi) is 10.6. The van der Waals surface area contributed by atoms with Crippen molar-refractivity contribution in [3.8, 4) is 0 Å². The summed E-state index contributed by atoms with van der Waals surface area (Å²) in [4.78, 5) is 0. The summed E-state index contributed by atoms with van der Waals surface area (Å²) in [5, 5.41) is 2.27. The minimum absolute atomic E-state index is 0.542. The van der Waals surface area contributed by atoms with Crippen LogP contribution < -0.4 is 5.32 Å². The first-order valence-electron chi connectivity index (χ1n) is 5.12. The molecule has 1 heterocycles. The topological polar surface area (TPSA) is 44.3 Å². The summed E-state index contributed by atoms with van der Waals surface area (Å²) in [6, 6.07) is 0. The van der Waals surface area contributed by atoms with E-state index in [1.54, 1.807) is 0 Å². The van der Waals surface area contributed by atoms with Gasteiger partial charge in [0.1, 0.15) is 0 Å². The van der Waals surface area contributed by atoms with Crippen LogP contribution in [0.25, 0.3) is 0 Å². The Hall–Kier alpha value is 0.840. The summed E-state index contributed by atoms with van der Waals surface area (Å²) >= 11 is 9.65. The third-order valence-corrected chi connectivity index (χ3v) is 3.92. The fourth-order valence-corrected chi connectivity index (χ4v) is 2.91. The van der Waals surface area contributed by atoms with Crippen LogP contribution in [0.3, 0.4) is 0 Å². The van der Waals surface area contributed by atoms with Crippen molar-refractivity contribution in [1.29, 1.82) is 0 Å². The number of morpholine rings is 1. The number of hydrogen-bond acceptors (Lipinski definition) is 5. The Morgan fingerprint density at radius 2 is 1.73 bits per heavy atom. The molecule has 0 unspecified atom stereocenters. The lowest BCUT2D eigenvalue weighted by molar-refractivity contribution is -0.670. The van der Waals surface area contributed by atoms with E-state index < -0.39 is 5.69 Å². The molecule has 0 radical (unpaired) electrons. The first kappa shape index (κ1) is 15.8. The van der Waals surface area contributed by atoms with Crippen LogP contribution in [-0.2, 0) is 37.8 Å². The third kappa shape index (κ3) is 11.1. The monoisotopic (exact) mass is 273 g/mol. The minimum atomic E-state index is -2.28. The van der Waals surface area contributed by atoms with Gasteiger partial charge < -0.3 is 31.3 Å². The molecule has 1 aliphatic heterocycles. The second-order valence-corrected chi connectivity index (χ2v) is 7.75. The second kappa shape index (κ2) is 10.0. The first-order chi connectivity index (χ1) is 7.12. The van der Waals surface area contributed by atoms with Crippen molar-refractivity contribution < 1.29 is 19.1 Å². The quantitative estimate of drug-likeness (QED) is 0.594. The molecule has 1 aliphatic rings. The summed E-state index contributed by atoms with van der Waals surface area (Å²) in [5.74, 6) is 0. The smallest absolute Gasteiger partial charge is 0.0993 e. The van der Waals surface area contributed by atoms with E-state index in [1.165, 1.54) is 0 Å². The van der Waals surface area contributed by atoms with Crippen molar-refractivity contribution in [2.24, 2.45) is 0 Å². The molecule has 0 amide bonds. The molecule has 0 aromatic heterocycles. The maximum Gasteiger partial charge on any atom is 0.0993 e. The molecule has 0 bridgehead atoms. The standard InChI is InChI=1S/C4H9NO.C4H11O2PS2/c1-3-6-4-2-5-1;1-3-5-7(8,9)6-4-2/h5H,1-4H2;3-4H2,1-2H3,(H,8,9). The van der Waals surface area contributed by atoms with Crippen molar-refractivity contribution in [2.45, 2.75) is 13.8 Å². The van der Waals surface area contributed by atoms with Gasteiger partial charge in [-0.15, -0.1) is 0 Å². The second-order valence-electron chi connectivity index (χ2n) is 2.76. The van der Waals surface area contributed by atoms with Gasteiger partial charge in [-0.3, -0.25) is 0 Å². The lowest BCUT2D eigenvalue weighted by atomic mass is 10.5. The zero-order valence-corrected chi connectivity index (χ0v) is 11.8. The first-order valence-corrected chi connectivity index (χ1v) is 8.77. The third-order valence-electron chi connectivity index (χ3n) is 1.51. The predicted octanol–water partition coefficient (Wildman–Crippen LogP) is 0.411. The number of nitrogens with two attached hydrogens (primary N) is 1. The highest BCUT2D eigenvalue weighted by molar-refractivity contribution is 8.51. The van der Waals surface area contributed by atoms with Crippen LogP contribution in [-0.4, -0.2) is 39.5 Å². The van der Waals surface area contributed by atoms with Crippen LogP contribution in [0.2, 0.25) is 0 Å². The van der Waals surface area contributed by atoms with Crippen LogP contribution in [0.4, 0.5) is 0 Å². The van der Waals surface area contributed by atoms with E-state index in [4.69, 9.17) is 37.8 Å². The molecule has 92 valence electrons. The fraction of sp³-hybridized carbons (Fsp3) is 1.00. The Bertz CT molecular complexity index is 169. The van der Waals surface area contributed by atoms with E-state index in [9.17, 15) is 0 Å². The summed E-state index contributed by atoms with van der Waals surface area (Å²) in [6.07, 6.45) is 0. The van der Waals surface area contributed by atoms with Crippen LogP contribution in [0.15, 0.2) is 0 Å². The maximum atomic E-state index is 5.04. The molecule has 0 aromatic rings. The van der Waals surface area contributed by atoms with Gasteiger partial charge in [0.25, 0.3) is 0 Å². The number of rotatable bonds is 4. The summed E-state index contributed by atoms with van der Waals surface area (Å²) in [6.45, 7) is 8.99. The van der Waals surface area contributed by atoms with Crippen molar-refractivity contribution >= 4 is 29.7 Å². The van der Waals surface area contributed by atoms with E-state index in [2.05, 4.69) is 5.32 Å². The zero-order valence-electron chi connectivity index (χ0n) is 9.31. The minimum Gasteiger partial charge on any atom is -0.691 e. The number of ether oxygens (including phenoxy) is 1. The molecule has 1 rings (SSSR count). The molecule has 15 heavy (non-hydrogen) atoms. The molecule has 1 saturated heterocycles. The van der Waals surface area contributed by atoms with Crippen LogP contribution >= 0.6 is 5.69 Å². The van der Waals surface area contributed by atoms with E-state index in [0.29, 0.717) is 13.2 Å². The average Bonchev–Trinajstić information content (AvgIpc) is 2.21. The van der Waals surface area contributed by atoms with Gasteiger partial charge in [0.15, 0.2) is 0 Å². The highest BCUT2D eigenvalue weighted by Crippen LogP contribution is 2.45. The lowest BCUT2D eigenvalue weighted by Crippen LogP contribution is -2.87. The lowest BCUT2D eigenvalue weighted by Gasteiger charge is -2.26. The summed E-state index contributed by atoms with van der Waals surface area (Å²) in [7, 11) is 0. The largest absolute Gasteiger partial charge is 0.691 e. The molecular formula is C8H20NO3PS2. The van der Waals surface area contributed by atoms with Gasteiger partial charge in [-0.05, 0) is 13.8 Å². The molecular weight excluding hydrogens is 253 g/mol. The SMILES string of the molecule is C1COCC[NH2+]1.CCOP(=S)([S-])OCC. The maximum absolute atomic E-state index is 5.04. The van der Waals surface area contributed by atoms with Gasteiger partial charge >= 0.3 is 0 Å². The van der Waals surface area contributed by atoms with Gasteiger partial charge in [-0.25, -0.2) is 0 Å². The normalized spacial score (nSPS) is 16.7. The van der Waals surface area contributed by atoms with Gasteiger partial charge in [0.05, 0.1) is 32.0 Å². The molecule has 0 spiro atoms. The molecule has 0 atom stereocenters. The van der Waals surface area contributed by atoms with Crippen LogP contribution in [0, 0.1) is 0 Å². The molecule has 7 heteroatoms. The van der Waals surface area contributed by atoms with E-state index >= 15 is 0 Å². The Morgan fingerprint density at radius 3 is 1.93 bits per heavy atom. The van der Waals surface area contributed by atoms with E-state index in [0.717, 1.165) is 26.3 Å². The molecule has 0 aliphatic carbocycles. The van der Waals surface area contributed by atoms with Gasteiger partial charge in [-0.2, -0.15) is 0 Å². The molecule has 4 nitrogen and oxygen atoms in total. The molecule has 0 aromatic carbocycles. The van der Waals surface area contributed by atoms with Gasteiger partial charge in [0.2, 0.25) is 0 Å². The number of hydrogen-bond donors (Lipinski definition) is 1. The Labute approximate surface area is 102 Å². The van der Waals surface area contributed by atoms with Crippen molar-refractivity contribution in [2.75, 3.05) is 39.5 Å². The van der Waals surface area contributed by atoms with E-state index in [-0.39, 0.29) is 0 Å². The van der Waals surface area contributed by atoms with Gasteiger partial charge in [0, 0.05) is 13.2 Å². The average molecular weight is 273 g/mol. The van der Waals surface area contributed by atoms with Crippen LogP contribution in [0.5, 0.6) is 0 Å².